The monoisotopic (exact) mass is 606 g/mol. The van der Waals surface area contributed by atoms with Crippen LogP contribution in [-0.2, 0) is 19.9 Å². The third-order valence-corrected chi connectivity index (χ3v) is 12.6. The van der Waals surface area contributed by atoms with E-state index in [-0.39, 0.29) is 40.6 Å². The molecule has 2 atom stereocenters. The highest BCUT2D eigenvalue weighted by atomic mass is 35.5. The Hall–Kier alpha value is -2.19. The molecule has 2 unspecified atom stereocenters. The van der Waals surface area contributed by atoms with Crippen LogP contribution >= 0.6 is 11.6 Å². The molecule has 1 amide bonds. The van der Waals surface area contributed by atoms with E-state index in [0.29, 0.717) is 37.8 Å². The molecule has 8 nitrogen and oxygen atoms in total. The first-order valence-corrected chi connectivity index (χ1v) is 15.9. The zero-order valence-electron chi connectivity index (χ0n) is 20.5. The van der Waals surface area contributed by atoms with Crippen LogP contribution in [0, 0.1) is 29.3 Å². The van der Waals surface area contributed by atoms with Gasteiger partial charge in [0, 0.05) is 29.9 Å². The van der Waals surface area contributed by atoms with Crippen molar-refractivity contribution >= 4 is 43.1 Å². The molecular weight excluding hydrogens is 581 g/mol. The van der Waals surface area contributed by atoms with Gasteiger partial charge in [0.15, 0.2) is 27.3 Å². The number of hydrogen-bond donors (Lipinski definition) is 3. The van der Waals surface area contributed by atoms with Crippen molar-refractivity contribution < 1.29 is 39.9 Å². The lowest BCUT2D eigenvalue weighted by Crippen LogP contribution is -2.52. The summed E-state index contributed by atoms with van der Waals surface area (Å²) in [7, 11) is -7.62. The van der Waals surface area contributed by atoms with Gasteiger partial charge >= 0.3 is 0 Å². The fourth-order valence-corrected chi connectivity index (χ4v) is 10.2. The number of nitrogens with one attached hydrogen (secondary N) is 2. The lowest BCUT2D eigenvalue weighted by Gasteiger charge is -2.41. The molecule has 2 aromatic carbocycles. The normalized spacial score (nSPS) is 26.9. The molecule has 212 valence electrons. The molecule has 0 aromatic heterocycles. The number of hydrogen-bond acceptors (Lipinski definition) is 6. The second-order valence-electron chi connectivity index (χ2n) is 10.7. The lowest BCUT2D eigenvalue weighted by molar-refractivity contribution is -0.0136. The topological polar surface area (TPSA) is 130 Å². The summed E-state index contributed by atoms with van der Waals surface area (Å²) in [6, 6.07) is 4.73. The van der Waals surface area contributed by atoms with Gasteiger partial charge in [-0.15, -0.1) is 0 Å². The Morgan fingerprint density at radius 2 is 1.56 bits per heavy atom. The summed E-state index contributed by atoms with van der Waals surface area (Å²) in [5.41, 5.74) is -1.90. The number of fused-ring (bicyclic) bond motifs is 2. The van der Waals surface area contributed by atoms with Crippen molar-refractivity contribution in [1.29, 1.82) is 0 Å². The van der Waals surface area contributed by atoms with Crippen molar-refractivity contribution in [3.63, 3.8) is 0 Å². The second-order valence-corrected chi connectivity index (χ2v) is 15.2. The predicted octanol–water partition coefficient (Wildman–Crippen LogP) is 3.78. The largest absolute Gasteiger partial charge is 0.389 e. The molecule has 39 heavy (non-hydrogen) atoms. The summed E-state index contributed by atoms with van der Waals surface area (Å²) in [6.07, 6.45) is 2.36. The number of carbonyl (C=O) groups is 1. The molecule has 14 heteroatoms. The molecule has 0 radical (unpaired) electrons. The Kier molecular flexibility index (Phi) is 7.28. The standard InChI is InChI=1S/C25H26ClF3N2O6S2/c26-18-6-3-13(24(32)31-16-8-19(27)22(29)20(28)9-16)7-21(18)38(34,35)23-14-1-2-15(23)11-25(33,10-14)12-30-39(36,37)17-4-5-17/h3,6-9,14-15,17,23,30,33H,1-2,4-5,10-12H2,(H,31,32)/t14?,15?,23-,25+. The van der Waals surface area contributed by atoms with E-state index < -0.39 is 71.2 Å². The van der Waals surface area contributed by atoms with E-state index >= 15 is 0 Å². The van der Waals surface area contributed by atoms with Crippen molar-refractivity contribution in [3.8, 4) is 0 Å². The summed E-state index contributed by atoms with van der Waals surface area (Å²) in [6.45, 7) is -0.188. The highest BCUT2D eigenvalue weighted by Gasteiger charge is 2.54. The third kappa shape index (κ3) is 5.56. The van der Waals surface area contributed by atoms with Crippen LogP contribution in [0.1, 0.15) is 48.9 Å². The van der Waals surface area contributed by atoms with Gasteiger partial charge < -0.3 is 10.4 Å². The van der Waals surface area contributed by atoms with Crippen LogP contribution in [0.2, 0.25) is 5.02 Å². The molecular formula is C25H26ClF3N2O6S2. The van der Waals surface area contributed by atoms with Crippen molar-refractivity contribution in [3.05, 3.63) is 58.4 Å². The van der Waals surface area contributed by atoms with Gasteiger partial charge in [0.25, 0.3) is 5.91 Å². The van der Waals surface area contributed by atoms with Crippen LogP contribution in [-0.4, -0.2) is 50.5 Å². The van der Waals surface area contributed by atoms with E-state index in [1.165, 1.54) is 12.1 Å². The fourth-order valence-electron chi connectivity index (χ4n) is 5.86. The van der Waals surface area contributed by atoms with Crippen LogP contribution < -0.4 is 10.0 Å². The molecule has 0 spiro atoms. The Balaban J connectivity index is 1.35. The fraction of sp³-hybridized carbons (Fsp3) is 0.480. The van der Waals surface area contributed by atoms with Crippen molar-refractivity contribution in [2.75, 3.05) is 11.9 Å². The Bertz CT molecular complexity index is 1510. The van der Waals surface area contributed by atoms with Crippen LogP contribution in [0.5, 0.6) is 0 Å². The van der Waals surface area contributed by atoms with E-state index in [1.807, 2.05) is 0 Å². The van der Waals surface area contributed by atoms with Gasteiger partial charge in [0.2, 0.25) is 10.0 Å². The molecule has 0 heterocycles. The maximum Gasteiger partial charge on any atom is 0.255 e. The van der Waals surface area contributed by atoms with Crippen LogP contribution in [0.15, 0.2) is 35.2 Å². The molecule has 2 aromatic rings. The molecule has 3 fully saturated rings. The van der Waals surface area contributed by atoms with Crippen LogP contribution in [0.3, 0.4) is 0 Å². The second kappa shape index (κ2) is 10.0. The number of halogens is 4. The van der Waals surface area contributed by atoms with Crippen molar-refractivity contribution in [2.24, 2.45) is 11.8 Å². The smallest absolute Gasteiger partial charge is 0.255 e. The van der Waals surface area contributed by atoms with E-state index in [4.69, 9.17) is 11.6 Å². The number of sulfonamides is 1. The van der Waals surface area contributed by atoms with Gasteiger partial charge in [-0.25, -0.2) is 34.7 Å². The maximum absolute atomic E-state index is 13.8. The maximum atomic E-state index is 13.8. The first-order chi connectivity index (χ1) is 18.2. The summed E-state index contributed by atoms with van der Waals surface area (Å²) in [5, 5.41) is 11.9. The zero-order chi connectivity index (χ0) is 28.3. The SMILES string of the molecule is O=C(Nc1cc(F)c(F)c(F)c1)c1ccc(Cl)c(S(=O)(=O)[C@H]2C3CCC2C[C@@](O)(CNS(=O)(=O)C2CC2)C3)c1. The molecule has 3 saturated carbocycles. The highest BCUT2D eigenvalue weighted by molar-refractivity contribution is 7.92. The Morgan fingerprint density at radius 1 is 0.974 bits per heavy atom. The quantitative estimate of drug-likeness (QED) is 0.392. The van der Waals surface area contributed by atoms with Crippen LogP contribution in [0.4, 0.5) is 18.9 Å². The molecule has 0 aliphatic heterocycles. The van der Waals surface area contributed by atoms with Gasteiger partial charge in [-0.1, -0.05) is 11.6 Å². The van der Waals surface area contributed by atoms with E-state index in [9.17, 15) is 39.9 Å². The van der Waals surface area contributed by atoms with Crippen molar-refractivity contribution in [1.82, 2.24) is 4.72 Å². The first-order valence-electron chi connectivity index (χ1n) is 12.4. The number of anilines is 1. The summed E-state index contributed by atoms with van der Waals surface area (Å²) in [5.74, 6) is -6.50. The number of aliphatic hydroxyl groups is 1. The van der Waals surface area contributed by atoms with E-state index in [0.717, 1.165) is 6.07 Å². The van der Waals surface area contributed by atoms with E-state index in [2.05, 4.69) is 10.0 Å². The summed E-state index contributed by atoms with van der Waals surface area (Å²) >= 11 is 6.25. The predicted molar refractivity (Wildman–Crippen MR) is 137 cm³/mol. The molecule has 3 aliphatic carbocycles. The molecule has 3 aliphatic rings. The first kappa shape index (κ1) is 28.3. The van der Waals surface area contributed by atoms with Crippen molar-refractivity contribution in [2.45, 2.75) is 59.5 Å². The molecule has 3 N–H and O–H groups in total. The number of carbonyl (C=O) groups excluding carboxylic acids is 1. The number of benzene rings is 2. The number of amides is 1. The summed E-state index contributed by atoms with van der Waals surface area (Å²) < 4.78 is 94.9. The molecule has 0 saturated heterocycles. The Morgan fingerprint density at radius 3 is 2.13 bits per heavy atom. The highest BCUT2D eigenvalue weighted by Crippen LogP contribution is 2.51. The number of sulfone groups is 1. The van der Waals surface area contributed by atoms with E-state index in [1.54, 1.807) is 0 Å². The third-order valence-electron chi connectivity index (χ3n) is 7.79. The van der Waals surface area contributed by atoms with Gasteiger partial charge in [-0.3, -0.25) is 4.79 Å². The minimum atomic E-state index is -4.10. The Labute approximate surface area is 228 Å². The number of rotatable bonds is 8. The molecule has 2 bridgehead atoms. The minimum absolute atomic E-state index is 0.0834. The van der Waals surface area contributed by atoms with Gasteiger partial charge in [-0.05, 0) is 68.6 Å². The average molecular weight is 607 g/mol. The van der Waals surface area contributed by atoms with Gasteiger partial charge in [-0.2, -0.15) is 0 Å². The minimum Gasteiger partial charge on any atom is -0.389 e. The zero-order valence-corrected chi connectivity index (χ0v) is 22.9. The van der Waals surface area contributed by atoms with Gasteiger partial charge in [0.1, 0.15) is 0 Å². The summed E-state index contributed by atoms with van der Waals surface area (Å²) in [4.78, 5) is 12.4. The molecule has 5 rings (SSSR count). The van der Waals surface area contributed by atoms with Gasteiger partial charge in [0.05, 0.1) is 26.0 Å². The average Bonchev–Trinajstić information content (AvgIpc) is 3.67. The lowest BCUT2D eigenvalue weighted by atomic mass is 9.77. The van der Waals surface area contributed by atoms with Crippen LogP contribution in [0.25, 0.3) is 0 Å².